The van der Waals surface area contributed by atoms with Gasteiger partial charge in [0.05, 0.1) is 21.0 Å². The Balaban J connectivity index is 2.45. The Bertz CT molecular complexity index is 656. The highest BCUT2D eigenvalue weighted by molar-refractivity contribution is 5.46. The van der Waals surface area contributed by atoms with Gasteiger partial charge in [0.15, 0.2) is 0 Å². The first-order valence-corrected chi connectivity index (χ1v) is 6.26. The van der Waals surface area contributed by atoms with E-state index in [1.807, 2.05) is 0 Å². The van der Waals surface area contributed by atoms with Crippen LogP contribution in [-0.4, -0.2) is 20.1 Å². The minimum Gasteiger partial charge on any atom is -0.385 e. The molecule has 2 N–H and O–H groups in total. The number of aliphatic hydroxyl groups is 2. The third kappa shape index (κ3) is 2.92. The molecule has 0 fully saturated rings. The highest BCUT2D eigenvalue weighted by Crippen LogP contribution is 2.36. The van der Waals surface area contributed by atoms with Gasteiger partial charge in [-0.15, -0.1) is 0 Å². The molecule has 0 radical (unpaired) electrons. The lowest BCUT2D eigenvalue weighted by Crippen LogP contribution is -2.13. The summed E-state index contributed by atoms with van der Waals surface area (Å²) in [5.74, 6) is 0. The van der Waals surface area contributed by atoms with Crippen molar-refractivity contribution in [3.8, 4) is 0 Å². The number of nitro benzene ring substituents is 2. The second kappa shape index (κ2) is 6.29. The minimum atomic E-state index is -1.66. The molecule has 114 valence electrons. The number of rotatable bonds is 5. The third-order valence-corrected chi connectivity index (χ3v) is 3.20. The molecular weight excluding hydrogens is 292 g/mol. The van der Waals surface area contributed by atoms with Gasteiger partial charge in [-0.1, -0.05) is 24.3 Å². The second-order valence-electron chi connectivity index (χ2n) is 4.52. The maximum atomic E-state index is 11.0. The average Bonchev–Trinajstić information content (AvgIpc) is 2.53. The van der Waals surface area contributed by atoms with Crippen LogP contribution in [0.5, 0.6) is 0 Å². The van der Waals surface area contributed by atoms with Gasteiger partial charge in [0.1, 0.15) is 12.2 Å². The van der Waals surface area contributed by atoms with Crippen LogP contribution in [0.3, 0.4) is 0 Å². The largest absolute Gasteiger partial charge is 0.385 e. The Morgan fingerprint density at radius 3 is 1.36 bits per heavy atom. The van der Waals surface area contributed by atoms with Gasteiger partial charge in [0, 0.05) is 12.1 Å². The number of hydrogen-bond donors (Lipinski definition) is 2. The smallest absolute Gasteiger partial charge is 0.275 e. The fraction of sp³-hybridized carbons (Fsp3) is 0.143. The van der Waals surface area contributed by atoms with E-state index in [0.29, 0.717) is 0 Å². The van der Waals surface area contributed by atoms with Crippen LogP contribution in [0.2, 0.25) is 0 Å². The van der Waals surface area contributed by atoms with E-state index in [2.05, 4.69) is 0 Å². The Labute approximate surface area is 124 Å². The van der Waals surface area contributed by atoms with Crippen molar-refractivity contribution in [2.24, 2.45) is 0 Å². The van der Waals surface area contributed by atoms with E-state index in [-0.39, 0.29) is 22.5 Å². The van der Waals surface area contributed by atoms with Crippen molar-refractivity contribution in [1.82, 2.24) is 0 Å². The molecule has 0 saturated carbocycles. The minimum absolute atomic E-state index is 0.113. The first kappa shape index (κ1) is 15.5. The van der Waals surface area contributed by atoms with E-state index >= 15 is 0 Å². The molecule has 0 spiro atoms. The molecule has 8 nitrogen and oxygen atoms in total. The molecule has 0 amide bonds. The molecule has 0 aliphatic carbocycles. The maximum absolute atomic E-state index is 11.0. The van der Waals surface area contributed by atoms with Gasteiger partial charge in [-0.25, -0.2) is 0 Å². The van der Waals surface area contributed by atoms with Crippen LogP contribution >= 0.6 is 0 Å². The van der Waals surface area contributed by atoms with Gasteiger partial charge in [0.2, 0.25) is 0 Å². The molecule has 0 aliphatic heterocycles. The quantitative estimate of drug-likeness (QED) is 0.644. The number of benzene rings is 2. The van der Waals surface area contributed by atoms with Gasteiger partial charge >= 0.3 is 0 Å². The van der Waals surface area contributed by atoms with E-state index in [4.69, 9.17) is 0 Å². The van der Waals surface area contributed by atoms with Crippen LogP contribution in [0.25, 0.3) is 0 Å². The lowest BCUT2D eigenvalue weighted by molar-refractivity contribution is -0.387. The fourth-order valence-electron chi connectivity index (χ4n) is 2.15. The SMILES string of the molecule is O=[N+]([O-])c1ccccc1C(O)C(O)c1ccccc1[N+](=O)[O-]. The Kier molecular flexibility index (Phi) is 4.44. The summed E-state index contributed by atoms with van der Waals surface area (Å²) < 4.78 is 0. The van der Waals surface area contributed by atoms with Crippen molar-refractivity contribution in [1.29, 1.82) is 0 Å². The summed E-state index contributed by atoms with van der Waals surface area (Å²) >= 11 is 0. The first-order valence-electron chi connectivity index (χ1n) is 6.26. The molecule has 2 rings (SSSR count). The van der Waals surface area contributed by atoms with Crippen molar-refractivity contribution >= 4 is 11.4 Å². The van der Waals surface area contributed by atoms with Crippen molar-refractivity contribution in [2.45, 2.75) is 12.2 Å². The van der Waals surface area contributed by atoms with Crippen LogP contribution in [-0.2, 0) is 0 Å². The van der Waals surface area contributed by atoms with Crippen molar-refractivity contribution in [2.75, 3.05) is 0 Å². The van der Waals surface area contributed by atoms with Gasteiger partial charge in [-0.3, -0.25) is 20.2 Å². The van der Waals surface area contributed by atoms with Gasteiger partial charge in [-0.2, -0.15) is 0 Å². The number of aliphatic hydroxyl groups excluding tert-OH is 2. The molecule has 0 saturated heterocycles. The molecule has 8 heteroatoms. The van der Waals surface area contributed by atoms with Crippen LogP contribution < -0.4 is 0 Å². The summed E-state index contributed by atoms with van der Waals surface area (Å²) in [4.78, 5) is 20.6. The van der Waals surface area contributed by atoms with Crippen LogP contribution in [0.15, 0.2) is 48.5 Å². The van der Waals surface area contributed by atoms with Crippen LogP contribution in [0.1, 0.15) is 23.3 Å². The normalized spacial score (nSPS) is 13.4. The first-order chi connectivity index (χ1) is 10.4. The fourth-order valence-corrected chi connectivity index (χ4v) is 2.15. The molecule has 2 aromatic carbocycles. The zero-order valence-electron chi connectivity index (χ0n) is 11.2. The van der Waals surface area contributed by atoms with Gasteiger partial charge < -0.3 is 10.2 Å². The monoisotopic (exact) mass is 304 g/mol. The Hall–Kier alpha value is -2.84. The Morgan fingerprint density at radius 1 is 0.727 bits per heavy atom. The standard InChI is InChI=1S/C14H12N2O6/c17-13(9-5-1-3-7-11(9)15(19)20)14(18)10-6-2-4-8-12(10)16(21)22/h1-8,13-14,17-18H. The number of nitro groups is 2. The molecular formula is C14H12N2O6. The summed E-state index contributed by atoms with van der Waals surface area (Å²) in [5, 5.41) is 42.3. The Morgan fingerprint density at radius 2 is 1.05 bits per heavy atom. The highest BCUT2D eigenvalue weighted by atomic mass is 16.6. The number of nitrogens with zero attached hydrogens (tertiary/aromatic N) is 2. The van der Waals surface area contributed by atoms with E-state index in [9.17, 15) is 30.4 Å². The van der Waals surface area contributed by atoms with E-state index in [1.54, 1.807) is 0 Å². The predicted molar refractivity (Wildman–Crippen MR) is 76.1 cm³/mol. The van der Waals surface area contributed by atoms with E-state index < -0.39 is 22.1 Å². The molecule has 2 unspecified atom stereocenters. The van der Waals surface area contributed by atoms with Crippen molar-refractivity contribution in [3.05, 3.63) is 79.9 Å². The van der Waals surface area contributed by atoms with Gasteiger partial charge in [0.25, 0.3) is 11.4 Å². The topological polar surface area (TPSA) is 127 Å². The summed E-state index contributed by atoms with van der Waals surface area (Å²) in [6.07, 6.45) is -3.33. The summed E-state index contributed by atoms with van der Waals surface area (Å²) in [6, 6.07) is 10.7. The van der Waals surface area contributed by atoms with Crippen molar-refractivity contribution in [3.63, 3.8) is 0 Å². The maximum Gasteiger partial charge on any atom is 0.275 e. The van der Waals surface area contributed by atoms with Gasteiger partial charge in [-0.05, 0) is 12.1 Å². The lowest BCUT2D eigenvalue weighted by atomic mass is 9.96. The highest BCUT2D eigenvalue weighted by Gasteiger charge is 2.30. The van der Waals surface area contributed by atoms with E-state index in [1.165, 1.54) is 48.5 Å². The summed E-state index contributed by atoms with van der Waals surface area (Å²) in [7, 11) is 0. The zero-order chi connectivity index (χ0) is 16.3. The van der Waals surface area contributed by atoms with Crippen LogP contribution in [0, 0.1) is 20.2 Å². The molecule has 0 heterocycles. The van der Waals surface area contributed by atoms with E-state index in [0.717, 1.165) is 0 Å². The molecule has 2 aromatic rings. The number of hydrogen-bond acceptors (Lipinski definition) is 6. The van der Waals surface area contributed by atoms with Crippen molar-refractivity contribution < 1.29 is 20.1 Å². The predicted octanol–water partition coefficient (Wildman–Crippen LogP) is 2.27. The third-order valence-electron chi connectivity index (χ3n) is 3.20. The summed E-state index contributed by atoms with van der Waals surface area (Å²) in [5.41, 5.74) is -0.962. The molecule has 0 aliphatic rings. The average molecular weight is 304 g/mol. The molecule has 22 heavy (non-hydrogen) atoms. The molecule has 0 bridgehead atoms. The zero-order valence-corrected chi connectivity index (χ0v) is 11.2. The lowest BCUT2D eigenvalue weighted by Gasteiger charge is -2.18. The molecule has 0 aromatic heterocycles. The van der Waals surface area contributed by atoms with Crippen LogP contribution in [0.4, 0.5) is 11.4 Å². The second-order valence-corrected chi connectivity index (χ2v) is 4.52. The summed E-state index contributed by atoms with van der Waals surface area (Å²) in [6.45, 7) is 0. The number of para-hydroxylation sites is 2. The molecule has 2 atom stereocenters.